The van der Waals surface area contributed by atoms with E-state index >= 15 is 0 Å². The van der Waals surface area contributed by atoms with Gasteiger partial charge in [-0.15, -0.1) is 10.2 Å². The van der Waals surface area contributed by atoms with E-state index in [0.29, 0.717) is 40.7 Å². The van der Waals surface area contributed by atoms with Crippen molar-refractivity contribution in [2.45, 2.75) is 66.5 Å². The molecule has 0 bridgehead atoms. The summed E-state index contributed by atoms with van der Waals surface area (Å²) in [5.41, 5.74) is 2.33. The van der Waals surface area contributed by atoms with E-state index in [2.05, 4.69) is 41.1 Å². The van der Waals surface area contributed by atoms with Crippen molar-refractivity contribution in [3.8, 4) is 11.8 Å². The standard InChI is InChI=1S/C24H36N7O3P/c1-9-30(10-2)20-11-18(26-16(4)32)19(12-21(20)33-8)27-28-23-17(13-25)22(24(5,6)7)29-31(23)14-15(3)34-35/h11-12,15H,9-10,14,35H2,1-8H3,(H,26,32). The third-order valence-electron chi connectivity index (χ3n) is 5.37. The summed E-state index contributed by atoms with van der Waals surface area (Å²) in [6.45, 7) is 15.3. The van der Waals surface area contributed by atoms with Crippen LogP contribution in [0.5, 0.6) is 5.75 Å². The van der Waals surface area contributed by atoms with Gasteiger partial charge in [-0.25, -0.2) is 4.68 Å². The second-order valence-corrected chi connectivity index (χ2v) is 9.40. The predicted molar refractivity (Wildman–Crippen MR) is 141 cm³/mol. The Hall–Kier alpha value is -3.02. The van der Waals surface area contributed by atoms with Crippen LogP contribution in [0, 0.1) is 11.3 Å². The number of aromatic nitrogens is 2. The Kier molecular flexibility index (Phi) is 9.75. The molecule has 0 saturated carbocycles. The molecule has 2 aromatic rings. The monoisotopic (exact) mass is 501 g/mol. The minimum Gasteiger partial charge on any atom is -0.494 e. The lowest BCUT2D eigenvalue weighted by Gasteiger charge is -2.24. The number of carbonyl (C=O) groups excluding carboxylic acids is 1. The highest BCUT2D eigenvalue weighted by Crippen LogP contribution is 2.40. The zero-order valence-electron chi connectivity index (χ0n) is 21.8. The first-order chi connectivity index (χ1) is 16.5. The number of azo groups is 1. The van der Waals surface area contributed by atoms with Gasteiger partial charge in [0.2, 0.25) is 5.91 Å². The Morgan fingerprint density at radius 1 is 1.31 bits per heavy atom. The Bertz CT molecular complexity index is 1110. The van der Waals surface area contributed by atoms with Crippen LogP contribution in [0.1, 0.15) is 59.7 Å². The smallest absolute Gasteiger partial charge is 0.221 e. The van der Waals surface area contributed by atoms with Crippen LogP contribution in [-0.4, -0.2) is 42.0 Å². The third-order valence-corrected chi connectivity index (χ3v) is 5.84. The van der Waals surface area contributed by atoms with Crippen LogP contribution in [-0.2, 0) is 21.3 Å². The number of nitrogens with one attached hydrogen (secondary N) is 1. The molecule has 1 heterocycles. The summed E-state index contributed by atoms with van der Waals surface area (Å²) < 4.78 is 12.6. The molecule has 35 heavy (non-hydrogen) atoms. The lowest BCUT2D eigenvalue weighted by molar-refractivity contribution is -0.114. The summed E-state index contributed by atoms with van der Waals surface area (Å²) in [7, 11) is 3.83. The fourth-order valence-electron chi connectivity index (χ4n) is 3.60. The maximum absolute atomic E-state index is 11.9. The SMILES string of the molecule is CCN(CC)c1cc(NC(C)=O)c(N=Nc2c(C#N)c(C(C)(C)C)nn2CC(C)OP)cc1OC. The van der Waals surface area contributed by atoms with Gasteiger partial charge in [0, 0.05) is 41.0 Å². The first-order valence-electron chi connectivity index (χ1n) is 11.5. The highest BCUT2D eigenvalue weighted by Gasteiger charge is 2.28. The number of hydrogen-bond donors (Lipinski definition) is 1. The number of nitrogens with zero attached hydrogens (tertiary/aromatic N) is 6. The molecular formula is C24H36N7O3P. The number of anilines is 2. The first-order valence-corrected chi connectivity index (χ1v) is 12.0. The van der Waals surface area contributed by atoms with Gasteiger partial charge in [0.25, 0.3) is 0 Å². The minimum atomic E-state index is -0.373. The maximum atomic E-state index is 11.9. The van der Waals surface area contributed by atoms with Crippen molar-refractivity contribution < 1.29 is 14.1 Å². The van der Waals surface area contributed by atoms with Gasteiger partial charge >= 0.3 is 0 Å². The molecule has 0 radical (unpaired) electrons. The molecule has 1 aromatic carbocycles. The molecule has 2 unspecified atom stereocenters. The summed E-state index contributed by atoms with van der Waals surface area (Å²) in [4.78, 5) is 14.1. The van der Waals surface area contributed by atoms with Crippen molar-refractivity contribution in [2.24, 2.45) is 10.2 Å². The molecule has 11 heteroatoms. The second-order valence-electron chi connectivity index (χ2n) is 9.13. The van der Waals surface area contributed by atoms with E-state index in [-0.39, 0.29) is 17.4 Å². The van der Waals surface area contributed by atoms with E-state index in [9.17, 15) is 10.1 Å². The van der Waals surface area contributed by atoms with Crippen molar-refractivity contribution in [3.63, 3.8) is 0 Å². The summed E-state index contributed by atoms with van der Waals surface area (Å²) in [5.74, 6) is 0.694. The summed E-state index contributed by atoms with van der Waals surface area (Å²) >= 11 is 0. The molecule has 0 aliphatic carbocycles. The lowest BCUT2D eigenvalue weighted by atomic mass is 9.90. The molecule has 10 nitrogen and oxygen atoms in total. The van der Waals surface area contributed by atoms with Gasteiger partial charge < -0.3 is 19.5 Å². The van der Waals surface area contributed by atoms with Crippen molar-refractivity contribution in [1.82, 2.24) is 9.78 Å². The fraction of sp³-hybridized carbons (Fsp3) is 0.542. The van der Waals surface area contributed by atoms with E-state index < -0.39 is 0 Å². The molecule has 0 spiro atoms. The van der Waals surface area contributed by atoms with E-state index in [1.165, 1.54) is 6.92 Å². The average molecular weight is 502 g/mol. The Morgan fingerprint density at radius 3 is 2.46 bits per heavy atom. The molecule has 2 rings (SSSR count). The molecule has 1 aromatic heterocycles. The topological polar surface area (TPSA) is 117 Å². The van der Waals surface area contributed by atoms with Crippen LogP contribution in [0.4, 0.5) is 22.9 Å². The molecule has 0 saturated heterocycles. The summed E-state index contributed by atoms with van der Waals surface area (Å²) in [5, 5.41) is 26.3. The third kappa shape index (κ3) is 6.77. The van der Waals surface area contributed by atoms with Gasteiger partial charge in [0.1, 0.15) is 23.1 Å². The molecule has 190 valence electrons. The Labute approximate surface area is 210 Å². The quantitative estimate of drug-likeness (QED) is 0.340. The molecule has 2 atom stereocenters. The van der Waals surface area contributed by atoms with Crippen molar-refractivity contribution in [3.05, 3.63) is 23.4 Å². The van der Waals surface area contributed by atoms with Gasteiger partial charge in [-0.05, 0) is 26.8 Å². The second kappa shape index (κ2) is 12.1. The number of rotatable bonds is 10. The number of amides is 1. The normalized spacial score (nSPS) is 12.5. The van der Waals surface area contributed by atoms with Crippen LogP contribution >= 0.6 is 9.47 Å². The molecule has 1 amide bonds. The first kappa shape index (κ1) is 28.2. The molecule has 0 aliphatic heterocycles. The lowest BCUT2D eigenvalue weighted by Crippen LogP contribution is -2.22. The van der Waals surface area contributed by atoms with E-state index in [0.717, 1.165) is 18.8 Å². The van der Waals surface area contributed by atoms with E-state index in [1.54, 1.807) is 17.9 Å². The zero-order valence-corrected chi connectivity index (χ0v) is 23.0. The highest BCUT2D eigenvalue weighted by atomic mass is 31.0. The fourth-order valence-corrected chi connectivity index (χ4v) is 3.69. The van der Waals surface area contributed by atoms with Crippen LogP contribution < -0.4 is 15.0 Å². The number of methoxy groups -OCH3 is 1. The van der Waals surface area contributed by atoms with Crippen molar-refractivity contribution in [1.29, 1.82) is 5.26 Å². The van der Waals surface area contributed by atoms with E-state index in [1.807, 2.05) is 47.6 Å². The van der Waals surface area contributed by atoms with Crippen molar-refractivity contribution >= 4 is 38.3 Å². The van der Waals surface area contributed by atoms with Crippen molar-refractivity contribution in [2.75, 3.05) is 30.4 Å². The molecular weight excluding hydrogens is 465 g/mol. The number of hydrogen-bond acceptors (Lipinski definition) is 8. The van der Waals surface area contributed by atoms with Crippen LogP contribution in [0.15, 0.2) is 22.4 Å². The minimum absolute atomic E-state index is 0.184. The van der Waals surface area contributed by atoms with Crippen LogP contribution in [0.2, 0.25) is 0 Å². The predicted octanol–water partition coefficient (Wildman–Crippen LogP) is 5.48. The average Bonchev–Trinajstić information content (AvgIpc) is 3.16. The molecule has 1 N–H and O–H groups in total. The van der Waals surface area contributed by atoms with Gasteiger partial charge in [-0.1, -0.05) is 20.8 Å². The Balaban J connectivity index is 2.71. The number of benzene rings is 1. The van der Waals surface area contributed by atoms with Gasteiger partial charge in [0.15, 0.2) is 5.82 Å². The molecule has 0 aliphatic rings. The largest absolute Gasteiger partial charge is 0.494 e. The maximum Gasteiger partial charge on any atom is 0.221 e. The number of nitriles is 1. The van der Waals surface area contributed by atoms with Crippen LogP contribution in [0.25, 0.3) is 0 Å². The summed E-state index contributed by atoms with van der Waals surface area (Å²) in [6, 6.07) is 5.80. The van der Waals surface area contributed by atoms with Gasteiger partial charge in [-0.2, -0.15) is 10.4 Å². The number of carbonyl (C=O) groups is 1. The molecule has 0 fully saturated rings. The number of ether oxygens (including phenoxy) is 1. The van der Waals surface area contributed by atoms with Gasteiger partial charge in [0.05, 0.1) is 36.8 Å². The summed E-state index contributed by atoms with van der Waals surface area (Å²) in [6.07, 6.45) is -0.184. The zero-order chi connectivity index (χ0) is 26.3. The highest BCUT2D eigenvalue weighted by molar-refractivity contribution is 7.09. The van der Waals surface area contributed by atoms with Crippen LogP contribution in [0.3, 0.4) is 0 Å². The Morgan fingerprint density at radius 2 is 1.97 bits per heavy atom. The van der Waals surface area contributed by atoms with E-state index in [4.69, 9.17) is 9.26 Å². The van der Waals surface area contributed by atoms with Gasteiger partial charge in [-0.3, -0.25) is 4.79 Å².